The summed E-state index contributed by atoms with van der Waals surface area (Å²) in [7, 11) is 1.34. The minimum absolute atomic E-state index is 0.310. The molecule has 0 saturated carbocycles. The van der Waals surface area contributed by atoms with E-state index in [1.54, 1.807) is 36.4 Å². The highest BCUT2D eigenvalue weighted by Gasteiger charge is 2.04. The van der Waals surface area contributed by atoms with Gasteiger partial charge in [0.05, 0.1) is 12.7 Å². The van der Waals surface area contributed by atoms with Gasteiger partial charge in [-0.1, -0.05) is 18.2 Å². The Bertz CT molecular complexity index is 564. The normalized spacial score (nSPS) is 10.0. The van der Waals surface area contributed by atoms with Crippen LogP contribution in [0.25, 0.3) is 0 Å². The Hall–Kier alpha value is -2.36. The van der Waals surface area contributed by atoms with E-state index in [2.05, 4.69) is 4.74 Å². The van der Waals surface area contributed by atoms with Gasteiger partial charge in [-0.05, 0) is 29.8 Å². The second kappa shape index (κ2) is 6.00. The van der Waals surface area contributed by atoms with Crippen LogP contribution in [-0.4, -0.2) is 13.1 Å². The lowest BCUT2D eigenvalue weighted by molar-refractivity contribution is 0.0600. The Morgan fingerprint density at radius 3 is 2.53 bits per heavy atom. The summed E-state index contributed by atoms with van der Waals surface area (Å²) in [5.41, 5.74) is 1.37. The number of rotatable bonds is 4. The molecule has 0 N–H and O–H groups in total. The van der Waals surface area contributed by atoms with Gasteiger partial charge in [0.15, 0.2) is 0 Å². The second-order valence-corrected chi connectivity index (χ2v) is 3.93. The minimum atomic E-state index is -0.377. The van der Waals surface area contributed by atoms with Crippen molar-refractivity contribution in [2.75, 3.05) is 7.11 Å². The zero-order valence-corrected chi connectivity index (χ0v) is 10.4. The molecule has 4 heteroatoms. The van der Waals surface area contributed by atoms with Crippen LogP contribution in [0.4, 0.5) is 4.39 Å². The Kier molecular flexibility index (Phi) is 4.13. The van der Waals surface area contributed by atoms with Gasteiger partial charge in [-0.3, -0.25) is 0 Å². The molecular weight excluding hydrogens is 247 g/mol. The van der Waals surface area contributed by atoms with E-state index in [1.165, 1.54) is 19.2 Å². The quantitative estimate of drug-likeness (QED) is 0.792. The summed E-state index contributed by atoms with van der Waals surface area (Å²) in [5, 5.41) is 0. The van der Waals surface area contributed by atoms with Crippen molar-refractivity contribution < 1.29 is 18.7 Å². The third-order valence-electron chi connectivity index (χ3n) is 2.58. The van der Waals surface area contributed by atoms with E-state index in [0.717, 1.165) is 5.56 Å². The molecule has 0 unspecified atom stereocenters. The molecule has 19 heavy (non-hydrogen) atoms. The molecule has 2 aromatic carbocycles. The molecule has 2 aromatic rings. The van der Waals surface area contributed by atoms with Crippen LogP contribution < -0.4 is 4.74 Å². The Labute approximate surface area is 110 Å². The molecule has 0 aromatic heterocycles. The van der Waals surface area contributed by atoms with Crippen LogP contribution in [0.2, 0.25) is 0 Å². The zero-order chi connectivity index (χ0) is 13.7. The van der Waals surface area contributed by atoms with E-state index in [4.69, 9.17) is 4.74 Å². The lowest BCUT2D eigenvalue weighted by Crippen LogP contribution is -2.02. The van der Waals surface area contributed by atoms with Crippen LogP contribution >= 0.6 is 0 Å². The average Bonchev–Trinajstić information content (AvgIpc) is 2.45. The van der Waals surface area contributed by atoms with E-state index < -0.39 is 0 Å². The van der Waals surface area contributed by atoms with Crippen LogP contribution in [0.5, 0.6) is 5.75 Å². The van der Waals surface area contributed by atoms with Crippen LogP contribution in [0, 0.1) is 5.82 Å². The molecule has 0 aliphatic heterocycles. The maximum absolute atomic E-state index is 12.9. The first-order valence-electron chi connectivity index (χ1n) is 5.74. The standard InChI is InChI=1S/C15H13FO3/c1-18-15(17)12-7-5-11(6-8-12)10-19-14-4-2-3-13(16)9-14/h2-9H,10H2,1H3. The van der Waals surface area contributed by atoms with Crippen LogP contribution in [-0.2, 0) is 11.3 Å². The van der Waals surface area contributed by atoms with E-state index in [9.17, 15) is 9.18 Å². The van der Waals surface area contributed by atoms with Crippen molar-refractivity contribution in [2.24, 2.45) is 0 Å². The largest absolute Gasteiger partial charge is 0.489 e. The number of benzene rings is 2. The number of carbonyl (C=O) groups excluding carboxylic acids is 1. The summed E-state index contributed by atoms with van der Waals surface area (Å²) >= 11 is 0. The van der Waals surface area contributed by atoms with E-state index in [1.807, 2.05) is 0 Å². The number of esters is 1. The third-order valence-corrected chi connectivity index (χ3v) is 2.58. The van der Waals surface area contributed by atoms with Gasteiger partial charge < -0.3 is 9.47 Å². The highest BCUT2D eigenvalue weighted by molar-refractivity contribution is 5.89. The number of halogens is 1. The highest BCUT2D eigenvalue weighted by atomic mass is 19.1. The Balaban J connectivity index is 1.98. The summed E-state index contributed by atoms with van der Waals surface area (Å²) in [6.45, 7) is 0.310. The Morgan fingerprint density at radius 2 is 1.89 bits per heavy atom. The van der Waals surface area contributed by atoms with Gasteiger partial charge >= 0.3 is 5.97 Å². The van der Waals surface area contributed by atoms with Crippen molar-refractivity contribution in [3.05, 3.63) is 65.5 Å². The molecule has 0 radical (unpaired) electrons. The van der Waals surface area contributed by atoms with Gasteiger partial charge in [0.25, 0.3) is 0 Å². The molecule has 0 atom stereocenters. The van der Waals surface area contributed by atoms with Crippen molar-refractivity contribution in [3.8, 4) is 5.75 Å². The molecule has 0 saturated heterocycles. The van der Waals surface area contributed by atoms with Crippen molar-refractivity contribution in [3.63, 3.8) is 0 Å². The summed E-state index contributed by atoms with van der Waals surface area (Å²) in [5.74, 6) is -0.242. The number of methoxy groups -OCH3 is 1. The molecule has 0 amide bonds. The van der Waals surface area contributed by atoms with Crippen LogP contribution in [0.15, 0.2) is 48.5 Å². The topological polar surface area (TPSA) is 35.5 Å². The summed E-state index contributed by atoms with van der Waals surface area (Å²) in [6.07, 6.45) is 0. The number of hydrogen-bond acceptors (Lipinski definition) is 3. The number of carbonyl (C=O) groups is 1. The van der Waals surface area contributed by atoms with Crippen LogP contribution in [0.3, 0.4) is 0 Å². The summed E-state index contributed by atoms with van der Waals surface area (Å²) in [6, 6.07) is 12.8. The first-order valence-corrected chi connectivity index (χ1v) is 5.74. The van der Waals surface area contributed by atoms with E-state index >= 15 is 0 Å². The monoisotopic (exact) mass is 260 g/mol. The van der Waals surface area contributed by atoms with Gasteiger partial charge in [-0.25, -0.2) is 9.18 Å². The third kappa shape index (κ3) is 3.55. The lowest BCUT2D eigenvalue weighted by atomic mass is 10.1. The van der Waals surface area contributed by atoms with E-state index in [-0.39, 0.29) is 11.8 Å². The average molecular weight is 260 g/mol. The fourth-order valence-electron chi connectivity index (χ4n) is 1.58. The molecule has 2 rings (SSSR count). The first kappa shape index (κ1) is 13.1. The molecule has 0 heterocycles. The number of ether oxygens (including phenoxy) is 2. The smallest absolute Gasteiger partial charge is 0.337 e. The SMILES string of the molecule is COC(=O)c1ccc(COc2cccc(F)c2)cc1. The second-order valence-electron chi connectivity index (χ2n) is 3.93. The molecule has 98 valence electrons. The van der Waals surface area contributed by atoms with Crippen molar-refractivity contribution >= 4 is 5.97 Å². The van der Waals surface area contributed by atoms with Crippen molar-refractivity contribution in [1.29, 1.82) is 0 Å². The zero-order valence-electron chi connectivity index (χ0n) is 10.4. The summed E-state index contributed by atoms with van der Waals surface area (Å²) in [4.78, 5) is 11.2. The van der Waals surface area contributed by atoms with Crippen LogP contribution in [0.1, 0.15) is 15.9 Å². The minimum Gasteiger partial charge on any atom is -0.489 e. The lowest BCUT2D eigenvalue weighted by Gasteiger charge is -2.06. The number of hydrogen-bond donors (Lipinski definition) is 0. The van der Waals surface area contributed by atoms with Gasteiger partial charge in [0.1, 0.15) is 18.2 Å². The molecule has 3 nitrogen and oxygen atoms in total. The first-order chi connectivity index (χ1) is 9.19. The Morgan fingerprint density at radius 1 is 1.16 bits per heavy atom. The van der Waals surface area contributed by atoms with E-state index in [0.29, 0.717) is 17.9 Å². The molecule has 0 aliphatic rings. The predicted octanol–water partition coefficient (Wildman–Crippen LogP) is 3.19. The molecule has 0 spiro atoms. The molecule has 0 bridgehead atoms. The van der Waals surface area contributed by atoms with Gasteiger partial charge in [-0.15, -0.1) is 0 Å². The summed E-state index contributed by atoms with van der Waals surface area (Å²) < 4.78 is 23.0. The van der Waals surface area contributed by atoms with Crippen molar-refractivity contribution in [2.45, 2.75) is 6.61 Å². The fourth-order valence-corrected chi connectivity index (χ4v) is 1.58. The van der Waals surface area contributed by atoms with Gasteiger partial charge in [0.2, 0.25) is 0 Å². The maximum atomic E-state index is 12.9. The van der Waals surface area contributed by atoms with Crippen molar-refractivity contribution in [1.82, 2.24) is 0 Å². The maximum Gasteiger partial charge on any atom is 0.337 e. The van der Waals surface area contributed by atoms with Gasteiger partial charge in [0, 0.05) is 6.07 Å². The highest BCUT2D eigenvalue weighted by Crippen LogP contribution is 2.14. The molecule has 0 fully saturated rings. The van der Waals surface area contributed by atoms with Gasteiger partial charge in [-0.2, -0.15) is 0 Å². The molecular formula is C15H13FO3. The molecule has 0 aliphatic carbocycles. The predicted molar refractivity (Wildman–Crippen MR) is 68.5 cm³/mol. The fraction of sp³-hybridized carbons (Fsp3) is 0.133.